The first-order valence-electron chi connectivity index (χ1n) is 8.84. The molecule has 4 heteroatoms. The summed E-state index contributed by atoms with van der Waals surface area (Å²) in [6, 6.07) is 15.9. The molecule has 2 aromatic rings. The maximum atomic E-state index is 12.4. The minimum Gasteiger partial charge on any atom is -0.496 e. The molecule has 0 aliphatic carbocycles. The van der Waals surface area contributed by atoms with Crippen LogP contribution in [0.1, 0.15) is 31.4 Å². The number of benzene rings is 2. The fourth-order valence-electron chi connectivity index (χ4n) is 2.89. The predicted octanol–water partition coefficient (Wildman–Crippen LogP) is 4.01. The van der Waals surface area contributed by atoms with E-state index in [1.165, 1.54) is 0 Å². The van der Waals surface area contributed by atoms with Crippen LogP contribution in [0.4, 0.5) is 5.69 Å². The Morgan fingerprint density at radius 2 is 1.76 bits per heavy atom. The van der Waals surface area contributed by atoms with E-state index in [1.54, 1.807) is 7.11 Å². The van der Waals surface area contributed by atoms with Gasteiger partial charge >= 0.3 is 0 Å². The minimum absolute atomic E-state index is 0.0475. The largest absolute Gasteiger partial charge is 0.496 e. The van der Waals surface area contributed by atoms with Gasteiger partial charge in [-0.3, -0.25) is 4.79 Å². The summed E-state index contributed by atoms with van der Waals surface area (Å²) in [6.07, 6.45) is 1.30. The second kappa shape index (κ2) is 9.84. The Hall–Kier alpha value is -2.33. The molecule has 0 aliphatic heterocycles. The number of hydrogen-bond acceptors (Lipinski definition) is 3. The van der Waals surface area contributed by atoms with Crippen molar-refractivity contribution in [2.45, 2.75) is 33.2 Å². The van der Waals surface area contributed by atoms with E-state index >= 15 is 0 Å². The molecule has 4 nitrogen and oxygen atoms in total. The summed E-state index contributed by atoms with van der Waals surface area (Å²) in [5, 5.41) is 6.35. The first kappa shape index (κ1) is 19.0. The van der Waals surface area contributed by atoms with Crippen molar-refractivity contribution in [3.05, 3.63) is 59.7 Å². The van der Waals surface area contributed by atoms with Crippen LogP contribution in [-0.4, -0.2) is 19.6 Å². The van der Waals surface area contributed by atoms with Crippen molar-refractivity contribution in [1.82, 2.24) is 5.32 Å². The monoisotopic (exact) mass is 340 g/mol. The molecule has 0 radical (unpaired) electrons. The van der Waals surface area contributed by atoms with Crippen LogP contribution in [-0.2, 0) is 17.8 Å². The smallest absolute Gasteiger partial charge is 0.224 e. The zero-order valence-corrected chi connectivity index (χ0v) is 15.3. The number of carbonyl (C=O) groups is 1. The molecule has 0 saturated heterocycles. The van der Waals surface area contributed by atoms with Crippen LogP contribution in [0, 0.1) is 5.92 Å². The Bertz CT molecular complexity index is 685. The zero-order valence-electron chi connectivity index (χ0n) is 15.3. The zero-order chi connectivity index (χ0) is 18.1. The van der Waals surface area contributed by atoms with Gasteiger partial charge in [-0.05, 0) is 42.1 Å². The summed E-state index contributed by atoms with van der Waals surface area (Å²) < 4.78 is 5.39. The first-order valence-corrected chi connectivity index (χ1v) is 8.84. The normalized spacial score (nSPS) is 11.8. The van der Waals surface area contributed by atoms with Gasteiger partial charge < -0.3 is 15.4 Å². The summed E-state index contributed by atoms with van der Waals surface area (Å²) in [5.41, 5.74) is 3.13. The van der Waals surface area contributed by atoms with Gasteiger partial charge in [-0.15, -0.1) is 0 Å². The maximum absolute atomic E-state index is 12.4. The van der Waals surface area contributed by atoms with Crippen molar-refractivity contribution < 1.29 is 9.53 Å². The lowest BCUT2D eigenvalue weighted by Crippen LogP contribution is -2.19. The number of methoxy groups -OCH3 is 1. The number of hydrogen-bond donors (Lipinski definition) is 2. The van der Waals surface area contributed by atoms with E-state index in [0.29, 0.717) is 6.42 Å². The fraction of sp³-hybridized carbons (Fsp3) is 0.381. The van der Waals surface area contributed by atoms with E-state index in [4.69, 9.17) is 4.74 Å². The second-order valence-electron chi connectivity index (χ2n) is 6.31. The molecule has 2 aromatic carbocycles. The highest BCUT2D eigenvalue weighted by Gasteiger charge is 2.13. The van der Waals surface area contributed by atoms with Crippen molar-refractivity contribution >= 4 is 11.6 Å². The van der Waals surface area contributed by atoms with Crippen LogP contribution < -0.4 is 15.4 Å². The van der Waals surface area contributed by atoms with Crippen molar-refractivity contribution in [1.29, 1.82) is 0 Å². The van der Waals surface area contributed by atoms with Gasteiger partial charge in [0.2, 0.25) is 5.91 Å². The molecule has 1 amide bonds. The molecule has 1 atom stereocenters. The van der Waals surface area contributed by atoms with Crippen LogP contribution in [0.25, 0.3) is 0 Å². The van der Waals surface area contributed by atoms with E-state index in [0.717, 1.165) is 42.1 Å². The summed E-state index contributed by atoms with van der Waals surface area (Å²) in [4.78, 5) is 12.4. The lowest BCUT2D eigenvalue weighted by Gasteiger charge is -2.15. The first-order chi connectivity index (χ1) is 12.1. The fourth-order valence-corrected chi connectivity index (χ4v) is 2.89. The van der Waals surface area contributed by atoms with Crippen LogP contribution in [0.3, 0.4) is 0 Å². The number of ether oxygens (including phenoxy) is 1. The number of para-hydroxylation sites is 2. The molecule has 0 bridgehead atoms. The Kier molecular flexibility index (Phi) is 7.48. The number of carbonyl (C=O) groups excluding carboxylic acids is 1. The van der Waals surface area contributed by atoms with Gasteiger partial charge in [0.15, 0.2) is 0 Å². The highest BCUT2D eigenvalue weighted by Crippen LogP contribution is 2.23. The Morgan fingerprint density at radius 3 is 2.48 bits per heavy atom. The van der Waals surface area contributed by atoms with Crippen LogP contribution in [0.15, 0.2) is 48.5 Å². The molecule has 0 spiro atoms. The van der Waals surface area contributed by atoms with Crippen LogP contribution in [0.2, 0.25) is 0 Å². The lowest BCUT2D eigenvalue weighted by atomic mass is 9.97. The third kappa shape index (κ3) is 5.91. The lowest BCUT2D eigenvalue weighted by molar-refractivity contribution is -0.116. The van der Waals surface area contributed by atoms with Crippen LogP contribution in [0.5, 0.6) is 5.75 Å². The van der Waals surface area contributed by atoms with E-state index < -0.39 is 0 Å². The van der Waals surface area contributed by atoms with Crippen molar-refractivity contribution in [3.8, 4) is 5.75 Å². The summed E-state index contributed by atoms with van der Waals surface area (Å²) in [5.74, 6) is 1.16. The highest BCUT2D eigenvalue weighted by molar-refractivity contribution is 5.91. The van der Waals surface area contributed by atoms with Gasteiger partial charge in [-0.1, -0.05) is 50.2 Å². The Labute approximate surface area is 150 Å². The van der Waals surface area contributed by atoms with Gasteiger partial charge in [-0.2, -0.15) is 0 Å². The third-order valence-corrected chi connectivity index (χ3v) is 4.15. The number of rotatable bonds is 9. The Morgan fingerprint density at radius 1 is 1.08 bits per heavy atom. The Balaban J connectivity index is 1.94. The molecule has 0 heterocycles. The summed E-state index contributed by atoms with van der Waals surface area (Å²) in [6.45, 7) is 5.82. The van der Waals surface area contributed by atoms with Gasteiger partial charge in [0.05, 0.1) is 7.11 Å². The standard InChI is InChI=1S/C21H28N2O2/c1-4-22-15-18-10-5-7-11-19(18)23-21(24)14-16(2)13-17-9-6-8-12-20(17)25-3/h5-12,16,22H,4,13-15H2,1-3H3,(H,23,24). The molecule has 134 valence electrons. The SMILES string of the molecule is CCNCc1ccccc1NC(=O)CC(C)Cc1ccccc1OC. The average Bonchev–Trinajstić information content (AvgIpc) is 2.61. The molecule has 1 unspecified atom stereocenters. The van der Waals surface area contributed by atoms with Crippen molar-refractivity contribution in [2.75, 3.05) is 19.0 Å². The molecule has 2 N–H and O–H groups in total. The van der Waals surface area contributed by atoms with E-state index in [-0.39, 0.29) is 11.8 Å². The topological polar surface area (TPSA) is 50.4 Å². The summed E-state index contributed by atoms with van der Waals surface area (Å²) in [7, 11) is 1.68. The molecule has 0 aromatic heterocycles. The molecular formula is C21H28N2O2. The quantitative estimate of drug-likeness (QED) is 0.725. The molecule has 25 heavy (non-hydrogen) atoms. The maximum Gasteiger partial charge on any atom is 0.224 e. The average molecular weight is 340 g/mol. The van der Waals surface area contributed by atoms with Gasteiger partial charge in [0, 0.05) is 18.7 Å². The van der Waals surface area contributed by atoms with E-state index in [9.17, 15) is 4.79 Å². The summed E-state index contributed by atoms with van der Waals surface area (Å²) >= 11 is 0. The van der Waals surface area contributed by atoms with E-state index in [2.05, 4.69) is 30.5 Å². The number of amides is 1. The molecule has 0 aliphatic rings. The highest BCUT2D eigenvalue weighted by atomic mass is 16.5. The van der Waals surface area contributed by atoms with Crippen molar-refractivity contribution in [3.63, 3.8) is 0 Å². The second-order valence-corrected chi connectivity index (χ2v) is 6.31. The predicted molar refractivity (Wildman–Crippen MR) is 103 cm³/mol. The molecular weight excluding hydrogens is 312 g/mol. The number of nitrogens with one attached hydrogen (secondary N) is 2. The number of anilines is 1. The van der Waals surface area contributed by atoms with Crippen LogP contribution >= 0.6 is 0 Å². The van der Waals surface area contributed by atoms with Gasteiger partial charge in [0.25, 0.3) is 0 Å². The minimum atomic E-state index is 0.0475. The van der Waals surface area contributed by atoms with Crippen molar-refractivity contribution in [2.24, 2.45) is 5.92 Å². The molecule has 2 rings (SSSR count). The van der Waals surface area contributed by atoms with Gasteiger partial charge in [0.1, 0.15) is 5.75 Å². The van der Waals surface area contributed by atoms with E-state index in [1.807, 2.05) is 42.5 Å². The molecule has 0 fully saturated rings. The third-order valence-electron chi connectivity index (χ3n) is 4.15. The molecule has 0 saturated carbocycles. The van der Waals surface area contributed by atoms with Gasteiger partial charge in [-0.25, -0.2) is 0 Å².